The number of anilines is 1. The Kier molecular flexibility index (Phi) is 4.34. The van der Waals surface area contributed by atoms with Crippen molar-refractivity contribution in [1.82, 2.24) is 4.98 Å². The minimum atomic E-state index is -0.0494. The van der Waals surface area contributed by atoms with Crippen LogP contribution in [-0.2, 0) is 9.53 Å². The quantitative estimate of drug-likeness (QED) is 0.942. The number of benzene rings is 1. The van der Waals surface area contributed by atoms with E-state index in [1.165, 1.54) is 0 Å². The highest BCUT2D eigenvalue weighted by molar-refractivity contribution is 5.93. The molecule has 0 unspecified atom stereocenters. The maximum Gasteiger partial charge on any atom is 0.229 e. The highest BCUT2D eigenvalue weighted by Gasteiger charge is 2.23. The lowest BCUT2D eigenvalue weighted by atomic mass is 10.1. The molecular formula is C17H18N2O3. The Morgan fingerprint density at radius 3 is 3.00 bits per heavy atom. The Morgan fingerprint density at radius 2 is 2.32 bits per heavy atom. The van der Waals surface area contributed by atoms with Crippen LogP contribution in [0.2, 0.25) is 0 Å². The molecule has 1 aliphatic rings. The summed E-state index contributed by atoms with van der Waals surface area (Å²) in [6.07, 6.45) is 4.15. The van der Waals surface area contributed by atoms with Gasteiger partial charge in [0.05, 0.1) is 18.7 Å². The lowest BCUT2D eigenvalue weighted by Gasteiger charge is -2.12. The van der Waals surface area contributed by atoms with E-state index in [0.717, 1.165) is 23.4 Å². The molecule has 1 atom stereocenters. The van der Waals surface area contributed by atoms with Gasteiger partial charge in [-0.2, -0.15) is 0 Å². The van der Waals surface area contributed by atoms with Crippen molar-refractivity contribution in [2.24, 2.45) is 5.92 Å². The van der Waals surface area contributed by atoms with Gasteiger partial charge >= 0.3 is 0 Å². The number of carbonyl (C=O) groups is 1. The van der Waals surface area contributed by atoms with Crippen molar-refractivity contribution < 1.29 is 14.3 Å². The van der Waals surface area contributed by atoms with E-state index in [1.54, 1.807) is 12.4 Å². The van der Waals surface area contributed by atoms with E-state index < -0.39 is 0 Å². The maximum absolute atomic E-state index is 12.1. The molecule has 1 aromatic carbocycles. The number of nitrogens with one attached hydrogen (secondary N) is 1. The first-order valence-corrected chi connectivity index (χ1v) is 7.29. The molecule has 0 spiro atoms. The molecule has 1 fully saturated rings. The minimum absolute atomic E-state index is 0.0119. The molecule has 0 aliphatic carbocycles. The Labute approximate surface area is 129 Å². The van der Waals surface area contributed by atoms with Crippen LogP contribution in [0.15, 0.2) is 42.7 Å². The van der Waals surface area contributed by atoms with Gasteiger partial charge < -0.3 is 14.8 Å². The summed E-state index contributed by atoms with van der Waals surface area (Å²) in [5.74, 6) is 1.39. The lowest BCUT2D eigenvalue weighted by molar-refractivity contribution is -0.119. The SMILES string of the molecule is Cc1cc(NC(=O)[C@H]2CCOC2)ccc1Oc1cccnc1. The first kappa shape index (κ1) is 14.5. The summed E-state index contributed by atoms with van der Waals surface area (Å²) >= 11 is 0. The Balaban J connectivity index is 1.68. The summed E-state index contributed by atoms with van der Waals surface area (Å²) in [5, 5.41) is 2.93. The zero-order valence-electron chi connectivity index (χ0n) is 12.4. The van der Waals surface area contributed by atoms with E-state index in [1.807, 2.05) is 37.3 Å². The molecule has 1 aromatic heterocycles. The fourth-order valence-corrected chi connectivity index (χ4v) is 2.36. The Hall–Kier alpha value is -2.40. The third-order valence-electron chi connectivity index (χ3n) is 3.61. The van der Waals surface area contributed by atoms with Crippen LogP contribution >= 0.6 is 0 Å². The second kappa shape index (κ2) is 6.58. The highest BCUT2D eigenvalue weighted by Crippen LogP contribution is 2.27. The third-order valence-corrected chi connectivity index (χ3v) is 3.61. The number of carbonyl (C=O) groups excluding carboxylic acids is 1. The molecular weight excluding hydrogens is 280 g/mol. The molecule has 2 aromatic rings. The highest BCUT2D eigenvalue weighted by atomic mass is 16.5. The monoisotopic (exact) mass is 298 g/mol. The molecule has 1 N–H and O–H groups in total. The molecule has 1 aliphatic heterocycles. The van der Waals surface area contributed by atoms with E-state index in [0.29, 0.717) is 19.0 Å². The second-order valence-electron chi connectivity index (χ2n) is 5.32. The number of hydrogen-bond donors (Lipinski definition) is 1. The Bertz CT molecular complexity index is 652. The average molecular weight is 298 g/mol. The van der Waals surface area contributed by atoms with Crippen LogP contribution < -0.4 is 10.1 Å². The van der Waals surface area contributed by atoms with Crippen molar-refractivity contribution in [2.75, 3.05) is 18.5 Å². The third kappa shape index (κ3) is 3.43. The molecule has 1 saturated heterocycles. The average Bonchev–Trinajstić information content (AvgIpc) is 3.05. The predicted octanol–water partition coefficient (Wildman–Crippen LogP) is 3.16. The van der Waals surface area contributed by atoms with Crippen LogP contribution in [0.1, 0.15) is 12.0 Å². The zero-order chi connectivity index (χ0) is 15.4. The molecule has 5 nitrogen and oxygen atoms in total. The van der Waals surface area contributed by atoms with Crippen molar-refractivity contribution >= 4 is 11.6 Å². The molecule has 0 radical (unpaired) electrons. The topological polar surface area (TPSA) is 60.5 Å². The molecule has 1 amide bonds. The Morgan fingerprint density at radius 1 is 1.41 bits per heavy atom. The maximum atomic E-state index is 12.1. The fourth-order valence-electron chi connectivity index (χ4n) is 2.36. The van der Waals surface area contributed by atoms with Crippen molar-refractivity contribution in [1.29, 1.82) is 0 Å². The molecule has 22 heavy (non-hydrogen) atoms. The van der Waals surface area contributed by atoms with Crippen LogP contribution in [0.4, 0.5) is 5.69 Å². The van der Waals surface area contributed by atoms with Crippen LogP contribution in [0.5, 0.6) is 11.5 Å². The predicted molar refractivity (Wildman–Crippen MR) is 83.0 cm³/mol. The number of nitrogens with zero attached hydrogens (tertiary/aromatic N) is 1. The second-order valence-corrected chi connectivity index (χ2v) is 5.32. The van der Waals surface area contributed by atoms with Gasteiger partial charge in [0.25, 0.3) is 0 Å². The lowest BCUT2D eigenvalue weighted by Crippen LogP contribution is -2.22. The van der Waals surface area contributed by atoms with E-state index >= 15 is 0 Å². The van der Waals surface area contributed by atoms with Gasteiger partial charge in [-0.3, -0.25) is 9.78 Å². The van der Waals surface area contributed by atoms with Crippen molar-refractivity contribution in [3.63, 3.8) is 0 Å². The molecule has 114 valence electrons. The van der Waals surface area contributed by atoms with Crippen molar-refractivity contribution in [3.05, 3.63) is 48.3 Å². The first-order valence-electron chi connectivity index (χ1n) is 7.29. The molecule has 0 bridgehead atoms. The van der Waals surface area contributed by atoms with Gasteiger partial charge in [-0.25, -0.2) is 0 Å². The molecule has 0 saturated carbocycles. The van der Waals surface area contributed by atoms with Crippen LogP contribution in [0.3, 0.4) is 0 Å². The zero-order valence-corrected chi connectivity index (χ0v) is 12.4. The van der Waals surface area contributed by atoms with Gasteiger partial charge in [0, 0.05) is 18.5 Å². The number of hydrogen-bond acceptors (Lipinski definition) is 4. The van der Waals surface area contributed by atoms with Gasteiger partial charge in [-0.05, 0) is 49.2 Å². The fraction of sp³-hybridized carbons (Fsp3) is 0.294. The summed E-state index contributed by atoms with van der Waals surface area (Å²) in [7, 11) is 0. The number of amides is 1. The largest absolute Gasteiger partial charge is 0.455 e. The minimum Gasteiger partial charge on any atom is -0.455 e. The van der Waals surface area contributed by atoms with Crippen LogP contribution in [-0.4, -0.2) is 24.1 Å². The van der Waals surface area contributed by atoms with Gasteiger partial charge in [0.1, 0.15) is 11.5 Å². The molecule has 3 rings (SSSR count). The van der Waals surface area contributed by atoms with Gasteiger partial charge in [0.15, 0.2) is 0 Å². The standard InChI is InChI=1S/C17H18N2O3/c1-12-9-14(19-17(20)13-6-8-21-11-13)4-5-16(12)22-15-3-2-7-18-10-15/h2-5,7,9-10,13H,6,8,11H2,1H3,(H,19,20)/t13-/m0/s1. The first-order chi connectivity index (χ1) is 10.7. The number of pyridine rings is 1. The molecule has 5 heteroatoms. The van der Waals surface area contributed by atoms with E-state index in [-0.39, 0.29) is 11.8 Å². The number of aryl methyl sites for hydroxylation is 1. The summed E-state index contributed by atoms with van der Waals surface area (Å²) in [4.78, 5) is 16.1. The number of aromatic nitrogens is 1. The van der Waals surface area contributed by atoms with E-state index in [9.17, 15) is 4.79 Å². The van der Waals surface area contributed by atoms with Crippen molar-refractivity contribution in [3.8, 4) is 11.5 Å². The van der Waals surface area contributed by atoms with E-state index in [2.05, 4.69) is 10.3 Å². The van der Waals surface area contributed by atoms with E-state index in [4.69, 9.17) is 9.47 Å². The summed E-state index contributed by atoms with van der Waals surface area (Å²) < 4.78 is 11.0. The summed E-state index contributed by atoms with van der Waals surface area (Å²) in [6, 6.07) is 9.26. The summed E-state index contributed by atoms with van der Waals surface area (Å²) in [5.41, 5.74) is 1.72. The van der Waals surface area contributed by atoms with Crippen LogP contribution in [0.25, 0.3) is 0 Å². The number of ether oxygens (including phenoxy) is 2. The number of rotatable bonds is 4. The molecule has 2 heterocycles. The van der Waals surface area contributed by atoms with Gasteiger partial charge in [-0.1, -0.05) is 0 Å². The van der Waals surface area contributed by atoms with Gasteiger partial charge in [-0.15, -0.1) is 0 Å². The van der Waals surface area contributed by atoms with Gasteiger partial charge in [0.2, 0.25) is 5.91 Å². The van der Waals surface area contributed by atoms with Crippen molar-refractivity contribution in [2.45, 2.75) is 13.3 Å². The van der Waals surface area contributed by atoms with Crippen LogP contribution in [0, 0.1) is 12.8 Å². The smallest absolute Gasteiger partial charge is 0.229 e. The normalized spacial score (nSPS) is 17.2. The summed E-state index contributed by atoms with van der Waals surface area (Å²) in [6.45, 7) is 3.11.